The van der Waals surface area contributed by atoms with Crippen molar-refractivity contribution in [1.82, 2.24) is 10.6 Å². The van der Waals surface area contributed by atoms with Gasteiger partial charge in [0, 0.05) is 6.54 Å². The van der Waals surface area contributed by atoms with Gasteiger partial charge in [0.1, 0.15) is 6.23 Å². The third kappa shape index (κ3) is 12.7. The predicted molar refractivity (Wildman–Crippen MR) is 90.8 cm³/mol. The summed E-state index contributed by atoms with van der Waals surface area (Å²) in [6.45, 7) is 4.71. The lowest BCUT2D eigenvalue weighted by molar-refractivity contribution is 0.156. The molecule has 0 heterocycles. The molecule has 0 bridgehead atoms. The summed E-state index contributed by atoms with van der Waals surface area (Å²) in [5.41, 5.74) is 1.35. The number of rotatable bonds is 10. The Labute approximate surface area is 135 Å². The first-order valence-corrected chi connectivity index (χ1v) is 6.95. The van der Waals surface area contributed by atoms with Gasteiger partial charge in [0.2, 0.25) is 0 Å². The van der Waals surface area contributed by atoms with Crippen LogP contribution in [0, 0.1) is 0 Å². The van der Waals surface area contributed by atoms with Crippen LogP contribution in [0.4, 0.5) is 0 Å². The maximum atomic E-state index is 9.01. The fraction of sp³-hybridized carbons (Fsp3) is 0.600. The second-order valence-corrected chi connectivity index (χ2v) is 4.71. The average molecular weight is 323 g/mol. The van der Waals surface area contributed by atoms with Gasteiger partial charge >= 0.3 is 0 Å². The van der Waals surface area contributed by atoms with Crippen LogP contribution < -0.4 is 10.6 Å². The molecule has 1 unspecified atom stereocenters. The Bertz CT molecular complexity index is 297. The molecule has 1 rings (SSSR count). The zero-order chi connectivity index (χ0) is 13.1. The standard InChI is InChI=1S/C15H26N2O.2ClH/c1-14(18)17-12-8-3-2-7-11-16-13-15-9-5-4-6-10-15;;/h4-6,9-10,14,16-18H,2-3,7-8,11-13H2,1H3;2*1H. The van der Waals surface area contributed by atoms with Gasteiger partial charge in [-0.3, -0.25) is 5.32 Å². The average Bonchev–Trinajstić information content (AvgIpc) is 2.37. The first kappa shape index (κ1) is 22.0. The number of unbranched alkanes of at least 4 members (excludes halogenated alkanes) is 3. The molecular weight excluding hydrogens is 295 g/mol. The lowest BCUT2D eigenvalue weighted by atomic mass is 10.2. The first-order valence-electron chi connectivity index (χ1n) is 6.95. The molecule has 0 aliphatic carbocycles. The summed E-state index contributed by atoms with van der Waals surface area (Å²) >= 11 is 0. The smallest absolute Gasteiger partial charge is 0.102 e. The monoisotopic (exact) mass is 322 g/mol. The van der Waals surface area contributed by atoms with E-state index in [0.29, 0.717) is 0 Å². The minimum Gasteiger partial charge on any atom is -0.379 e. The van der Waals surface area contributed by atoms with Crippen molar-refractivity contribution in [3.63, 3.8) is 0 Å². The van der Waals surface area contributed by atoms with Crippen molar-refractivity contribution in [2.45, 2.75) is 45.4 Å². The molecule has 3 N–H and O–H groups in total. The second-order valence-electron chi connectivity index (χ2n) is 4.71. The van der Waals surface area contributed by atoms with Crippen LogP contribution in [0.25, 0.3) is 0 Å². The molecule has 0 aliphatic rings. The molecule has 3 nitrogen and oxygen atoms in total. The van der Waals surface area contributed by atoms with E-state index in [1.807, 2.05) is 6.07 Å². The number of aliphatic hydroxyl groups is 1. The summed E-state index contributed by atoms with van der Waals surface area (Å²) in [5, 5.41) is 15.5. The molecule has 0 amide bonds. The molecule has 5 heteroatoms. The predicted octanol–water partition coefficient (Wildman–Crippen LogP) is 3.11. The zero-order valence-corrected chi connectivity index (χ0v) is 13.8. The zero-order valence-electron chi connectivity index (χ0n) is 12.2. The van der Waals surface area contributed by atoms with Gasteiger partial charge in [0.25, 0.3) is 0 Å². The number of nitrogens with one attached hydrogen (secondary N) is 2. The van der Waals surface area contributed by atoms with Crippen LogP contribution in [-0.4, -0.2) is 24.4 Å². The van der Waals surface area contributed by atoms with Crippen LogP contribution in [0.3, 0.4) is 0 Å². The minimum absolute atomic E-state index is 0. The molecule has 0 radical (unpaired) electrons. The fourth-order valence-corrected chi connectivity index (χ4v) is 1.87. The highest BCUT2D eigenvalue weighted by atomic mass is 35.5. The van der Waals surface area contributed by atoms with Crippen LogP contribution in [-0.2, 0) is 6.54 Å². The van der Waals surface area contributed by atoms with E-state index in [2.05, 4.69) is 34.9 Å². The highest BCUT2D eigenvalue weighted by Crippen LogP contribution is 2.00. The topological polar surface area (TPSA) is 44.3 Å². The van der Waals surface area contributed by atoms with Crippen molar-refractivity contribution in [3.05, 3.63) is 35.9 Å². The Hall–Kier alpha value is -0.320. The third-order valence-electron chi connectivity index (χ3n) is 2.89. The Balaban J connectivity index is 0. The van der Waals surface area contributed by atoms with E-state index in [9.17, 15) is 0 Å². The summed E-state index contributed by atoms with van der Waals surface area (Å²) in [5.74, 6) is 0. The van der Waals surface area contributed by atoms with Crippen molar-refractivity contribution in [2.24, 2.45) is 0 Å². The van der Waals surface area contributed by atoms with Gasteiger partial charge in [0.05, 0.1) is 0 Å². The van der Waals surface area contributed by atoms with Crippen LogP contribution in [0.1, 0.15) is 38.2 Å². The summed E-state index contributed by atoms with van der Waals surface area (Å²) < 4.78 is 0. The number of hydrogen-bond acceptors (Lipinski definition) is 3. The van der Waals surface area contributed by atoms with E-state index in [4.69, 9.17) is 5.11 Å². The molecule has 0 saturated carbocycles. The highest BCUT2D eigenvalue weighted by Gasteiger charge is 1.94. The molecule has 0 aliphatic heterocycles. The van der Waals surface area contributed by atoms with Gasteiger partial charge in [-0.25, -0.2) is 0 Å². The van der Waals surface area contributed by atoms with Gasteiger partial charge in [-0.2, -0.15) is 0 Å². The lowest BCUT2D eigenvalue weighted by Crippen LogP contribution is -2.26. The first-order chi connectivity index (χ1) is 8.79. The maximum Gasteiger partial charge on any atom is 0.102 e. The van der Waals surface area contributed by atoms with Crippen molar-refractivity contribution < 1.29 is 5.11 Å². The van der Waals surface area contributed by atoms with Crippen LogP contribution in [0.15, 0.2) is 30.3 Å². The van der Waals surface area contributed by atoms with Crippen molar-refractivity contribution >= 4 is 24.8 Å². The van der Waals surface area contributed by atoms with Gasteiger partial charge in [-0.1, -0.05) is 43.2 Å². The Morgan fingerprint density at radius 3 is 2.15 bits per heavy atom. The third-order valence-corrected chi connectivity index (χ3v) is 2.89. The van der Waals surface area contributed by atoms with Crippen molar-refractivity contribution in [3.8, 4) is 0 Å². The maximum absolute atomic E-state index is 9.01. The SMILES string of the molecule is CC(O)NCCCCCCNCc1ccccc1.Cl.Cl. The van der Waals surface area contributed by atoms with Gasteiger partial charge < -0.3 is 10.4 Å². The number of hydrogen-bond donors (Lipinski definition) is 3. The van der Waals surface area contributed by atoms with Crippen LogP contribution >= 0.6 is 24.8 Å². The van der Waals surface area contributed by atoms with E-state index in [0.717, 1.165) is 26.1 Å². The van der Waals surface area contributed by atoms with E-state index < -0.39 is 0 Å². The lowest BCUT2D eigenvalue weighted by Gasteiger charge is -2.07. The molecule has 1 aromatic carbocycles. The molecule has 0 fully saturated rings. The summed E-state index contributed by atoms with van der Waals surface area (Å²) in [6.07, 6.45) is 4.47. The normalized spacial score (nSPS) is 11.3. The molecular formula is C15H28Cl2N2O. The fourth-order valence-electron chi connectivity index (χ4n) is 1.87. The Morgan fingerprint density at radius 1 is 0.950 bits per heavy atom. The number of aliphatic hydroxyl groups excluding tert-OH is 1. The number of benzene rings is 1. The van der Waals surface area contributed by atoms with E-state index >= 15 is 0 Å². The molecule has 20 heavy (non-hydrogen) atoms. The largest absolute Gasteiger partial charge is 0.379 e. The van der Waals surface area contributed by atoms with Gasteiger partial charge in [-0.15, -0.1) is 24.8 Å². The van der Waals surface area contributed by atoms with Crippen molar-refractivity contribution in [1.29, 1.82) is 0 Å². The van der Waals surface area contributed by atoms with E-state index in [1.165, 1.54) is 24.8 Å². The quantitative estimate of drug-likeness (QED) is 0.458. The van der Waals surface area contributed by atoms with E-state index in [-0.39, 0.29) is 31.0 Å². The van der Waals surface area contributed by atoms with Crippen LogP contribution in [0.5, 0.6) is 0 Å². The second kappa shape index (κ2) is 15.1. The molecule has 0 aromatic heterocycles. The Morgan fingerprint density at radius 2 is 1.55 bits per heavy atom. The summed E-state index contributed by atoms with van der Waals surface area (Å²) in [7, 11) is 0. The Kier molecular flexibility index (Phi) is 16.6. The molecule has 118 valence electrons. The minimum atomic E-state index is -0.377. The highest BCUT2D eigenvalue weighted by molar-refractivity contribution is 5.85. The van der Waals surface area contributed by atoms with Gasteiger partial charge in [0.15, 0.2) is 0 Å². The molecule has 1 atom stereocenters. The van der Waals surface area contributed by atoms with Crippen molar-refractivity contribution in [2.75, 3.05) is 13.1 Å². The van der Waals surface area contributed by atoms with Crippen LogP contribution in [0.2, 0.25) is 0 Å². The molecule has 0 spiro atoms. The van der Waals surface area contributed by atoms with E-state index in [1.54, 1.807) is 6.92 Å². The number of halogens is 2. The molecule has 0 saturated heterocycles. The van der Waals surface area contributed by atoms with Gasteiger partial charge in [-0.05, 0) is 38.4 Å². The summed E-state index contributed by atoms with van der Waals surface area (Å²) in [6, 6.07) is 10.5. The molecule has 1 aromatic rings. The summed E-state index contributed by atoms with van der Waals surface area (Å²) in [4.78, 5) is 0.